The summed E-state index contributed by atoms with van der Waals surface area (Å²) in [4.78, 5) is 0. The molecule has 1 aromatic rings. The minimum absolute atomic E-state index is 0.0706. The van der Waals surface area contributed by atoms with Gasteiger partial charge in [0, 0.05) is 22.8 Å². The molecule has 4 nitrogen and oxygen atoms in total. The molecule has 0 saturated heterocycles. The zero-order valence-corrected chi connectivity index (χ0v) is 8.11. The fraction of sp³-hybridized carbons (Fsp3) is 0.500. The first-order valence-electron chi connectivity index (χ1n) is 3.40. The van der Waals surface area contributed by atoms with Crippen LogP contribution in [0.2, 0.25) is 0 Å². The van der Waals surface area contributed by atoms with Crippen molar-refractivity contribution >= 4 is 19.7 Å². The normalized spacial score (nSPS) is 11.8. The molecule has 0 saturated carbocycles. The quantitative estimate of drug-likeness (QED) is 0.749. The summed E-state index contributed by atoms with van der Waals surface area (Å²) in [6.45, 7) is 1.85. The van der Waals surface area contributed by atoms with Gasteiger partial charge in [-0.15, -0.1) is 0 Å². The van der Waals surface area contributed by atoms with E-state index in [1.54, 1.807) is 6.07 Å². The Morgan fingerprint density at radius 3 is 2.75 bits per heavy atom. The summed E-state index contributed by atoms with van der Waals surface area (Å²) in [5, 5.41) is 6.59. The average Bonchev–Trinajstić information content (AvgIpc) is 2.30. The molecule has 0 bridgehead atoms. The minimum Gasteiger partial charge on any atom is -0.283 e. The number of aromatic amines is 1. The molecule has 0 unspecified atom stereocenters. The SMILES string of the molecule is Cc1cc(CCS(=O)(=O)Cl)n[nH]1. The van der Waals surface area contributed by atoms with E-state index in [0.717, 1.165) is 11.4 Å². The van der Waals surface area contributed by atoms with Gasteiger partial charge in [-0.3, -0.25) is 5.10 Å². The van der Waals surface area contributed by atoms with Gasteiger partial charge >= 0.3 is 0 Å². The maximum absolute atomic E-state index is 10.5. The van der Waals surface area contributed by atoms with Gasteiger partial charge in [0.1, 0.15) is 0 Å². The van der Waals surface area contributed by atoms with Gasteiger partial charge in [0.05, 0.1) is 11.4 Å². The summed E-state index contributed by atoms with van der Waals surface area (Å²) in [5.41, 5.74) is 1.63. The number of nitrogens with one attached hydrogen (secondary N) is 1. The van der Waals surface area contributed by atoms with Crippen molar-refractivity contribution in [2.24, 2.45) is 0 Å². The third-order valence-electron chi connectivity index (χ3n) is 1.36. The van der Waals surface area contributed by atoms with Crippen LogP contribution in [0.25, 0.3) is 0 Å². The largest absolute Gasteiger partial charge is 0.283 e. The van der Waals surface area contributed by atoms with Gasteiger partial charge in [-0.1, -0.05) is 0 Å². The number of aromatic nitrogens is 2. The minimum atomic E-state index is -3.39. The van der Waals surface area contributed by atoms with Crippen molar-refractivity contribution < 1.29 is 8.42 Å². The fourth-order valence-electron chi connectivity index (χ4n) is 0.829. The van der Waals surface area contributed by atoms with Crippen LogP contribution in [0.3, 0.4) is 0 Å². The lowest BCUT2D eigenvalue weighted by Gasteiger charge is -1.90. The monoisotopic (exact) mass is 208 g/mol. The van der Waals surface area contributed by atoms with Gasteiger partial charge in [-0.25, -0.2) is 8.42 Å². The van der Waals surface area contributed by atoms with Crippen LogP contribution < -0.4 is 0 Å². The molecule has 0 aliphatic heterocycles. The second kappa shape index (κ2) is 3.45. The Morgan fingerprint density at radius 2 is 2.33 bits per heavy atom. The number of hydrogen-bond acceptors (Lipinski definition) is 3. The summed E-state index contributed by atoms with van der Waals surface area (Å²) < 4.78 is 21.1. The lowest BCUT2D eigenvalue weighted by molar-refractivity contribution is 0.608. The van der Waals surface area contributed by atoms with Crippen LogP contribution in [-0.2, 0) is 15.5 Å². The molecular weight excluding hydrogens is 200 g/mol. The highest BCUT2D eigenvalue weighted by atomic mass is 35.7. The number of rotatable bonds is 3. The smallest absolute Gasteiger partial charge is 0.232 e. The molecular formula is C6H9ClN2O2S. The van der Waals surface area contributed by atoms with Crippen molar-refractivity contribution in [3.8, 4) is 0 Å². The number of halogens is 1. The van der Waals surface area contributed by atoms with Crippen molar-refractivity contribution in [3.63, 3.8) is 0 Å². The highest BCUT2D eigenvalue weighted by Crippen LogP contribution is 2.03. The van der Waals surface area contributed by atoms with Crippen molar-refractivity contribution in [1.82, 2.24) is 10.2 Å². The van der Waals surface area contributed by atoms with E-state index < -0.39 is 9.05 Å². The predicted octanol–water partition coefficient (Wildman–Crippen LogP) is 0.829. The Balaban J connectivity index is 2.55. The van der Waals surface area contributed by atoms with E-state index in [-0.39, 0.29) is 5.75 Å². The molecule has 0 radical (unpaired) electrons. The van der Waals surface area contributed by atoms with Crippen molar-refractivity contribution in [2.45, 2.75) is 13.3 Å². The lowest BCUT2D eigenvalue weighted by Crippen LogP contribution is -2.01. The van der Waals surface area contributed by atoms with Crippen molar-refractivity contribution in [1.29, 1.82) is 0 Å². The molecule has 1 rings (SSSR count). The van der Waals surface area contributed by atoms with Crippen molar-refractivity contribution in [3.05, 3.63) is 17.5 Å². The molecule has 0 amide bonds. The molecule has 0 fully saturated rings. The number of hydrogen-bond donors (Lipinski definition) is 1. The zero-order chi connectivity index (χ0) is 9.19. The summed E-state index contributed by atoms with van der Waals surface area (Å²) in [7, 11) is 1.63. The van der Waals surface area contributed by atoms with E-state index >= 15 is 0 Å². The Bertz CT molecular complexity index is 357. The number of nitrogens with zero attached hydrogens (tertiary/aromatic N) is 1. The van der Waals surface area contributed by atoms with Crippen LogP contribution in [0, 0.1) is 6.92 Å². The van der Waals surface area contributed by atoms with Crippen LogP contribution in [0.4, 0.5) is 0 Å². The van der Waals surface area contributed by atoms with E-state index in [9.17, 15) is 8.42 Å². The van der Waals surface area contributed by atoms with E-state index in [2.05, 4.69) is 10.2 Å². The summed E-state index contributed by atoms with van der Waals surface area (Å²) in [6.07, 6.45) is 0.357. The Hall–Kier alpha value is -0.550. The van der Waals surface area contributed by atoms with Gasteiger partial charge in [0.25, 0.3) is 0 Å². The van der Waals surface area contributed by atoms with Crippen LogP contribution in [0.5, 0.6) is 0 Å². The van der Waals surface area contributed by atoms with Crippen molar-refractivity contribution in [2.75, 3.05) is 5.75 Å². The molecule has 6 heteroatoms. The molecule has 0 spiro atoms. The second-order valence-electron chi connectivity index (χ2n) is 2.54. The topological polar surface area (TPSA) is 62.8 Å². The second-order valence-corrected chi connectivity index (χ2v) is 5.43. The molecule has 1 aromatic heterocycles. The first-order valence-corrected chi connectivity index (χ1v) is 5.88. The summed E-state index contributed by atoms with van der Waals surface area (Å²) >= 11 is 0. The van der Waals surface area contributed by atoms with Gasteiger partial charge in [-0.2, -0.15) is 5.10 Å². The maximum Gasteiger partial charge on any atom is 0.232 e. The standard InChI is InChI=1S/C6H9ClN2O2S/c1-5-4-6(9-8-5)2-3-12(7,10)11/h4H,2-3H2,1H3,(H,8,9). The molecule has 1 N–H and O–H groups in total. The summed E-state index contributed by atoms with van der Waals surface area (Å²) in [6, 6.07) is 1.79. The third-order valence-corrected chi connectivity index (χ3v) is 2.52. The zero-order valence-electron chi connectivity index (χ0n) is 6.54. The Morgan fingerprint density at radius 1 is 1.67 bits per heavy atom. The van der Waals surface area contributed by atoms with E-state index in [1.165, 1.54) is 0 Å². The molecule has 68 valence electrons. The first kappa shape index (κ1) is 9.54. The molecule has 0 atom stereocenters. The van der Waals surface area contributed by atoms with Crippen LogP contribution in [0.15, 0.2) is 6.07 Å². The molecule has 0 aliphatic carbocycles. The van der Waals surface area contributed by atoms with Gasteiger partial charge < -0.3 is 0 Å². The molecule has 1 heterocycles. The van der Waals surface area contributed by atoms with Crippen LogP contribution in [0.1, 0.15) is 11.4 Å². The highest BCUT2D eigenvalue weighted by Gasteiger charge is 2.06. The van der Waals surface area contributed by atoms with E-state index in [0.29, 0.717) is 6.42 Å². The van der Waals surface area contributed by atoms with Crippen LogP contribution in [-0.4, -0.2) is 24.4 Å². The maximum atomic E-state index is 10.5. The van der Waals surface area contributed by atoms with Gasteiger partial charge in [0.15, 0.2) is 0 Å². The Labute approximate surface area is 75.4 Å². The van der Waals surface area contributed by atoms with Crippen LogP contribution >= 0.6 is 10.7 Å². The fourth-order valence-corrected chi connectivity index (χ4v) is 1.51. The molecule has 0 aliphatic rings. The van der Waals surface area contributed by atoms with E-state index in [4.69, 9.17) is 10.7 Å². The number of H-pyrrole nitrogens is 1. The van der Waals surface area contributed by atoms with E-state index in [1.807, 2.05) is 6.92 Å². The molecule has 12 heavy (non-hydrogen) atoms. The van der Waals surface area contributed by atoms with Gasteiger partial charge in [-0.05, 0) is 13.0 Å². The van der Waals surface area contributed by atoms with Gasteiger partial charge in [0.2, 0.25) is 9.05 Å². The Kier molecular flexibility index (Phi) is 2.74. The average molecular weight is 209 g/mol. The summed E-state index contributed by atoms with van der Waals surface area (Å²) in [5.74, 6) is -0.0706. The predicted molar refractivity (Wildman–Crippen MR) is 46.7 cm³/mol. The first-order chi connectivity index (χ1) is 5.47. The molecule has 0 aromatic carbocycles. The third kappa shape index (κ3) is 3.23. The number of aryl methyl sites for hydroxylation is 2. The highest BCUT2D eigenvalue weighted by molar-refractivity contribution is 8.13. The lowest BCUT2D eigenvalue weighted by atomic mass is 10.3.